The minimum Gasteiger partial charge on any atom is -0.292 e. The van der Waals surface area contributed by atoms with Crippen LogP contribution in [0.5, 0.6) is 0 Å². The van der Waals surface area contributed by atoms with Crippen LogP contribution < -0.4 is 0 Å². The fourth-order valence-corrected chi connectivity index (χ4v) is 7.39. The lowest BCUT2D eigenvalue weighted by atomic mass is 9.64. The second-order valence-electron chi connectivity index (χ2n) is 11.9. The molecule has 0 radical (unpaired) electrons. The van der Waals surface area contributed by atoms with Gasteiger partial charge in [-0.15, -0.1) is 0 Å². The standard InChI is InChI=1S/C40H34N2/c1-27-20-25-34-35(26-27)39(33-17-9-8-16-32(33)38(34)28-12-4-2-5-13-28)29-21-23-31(24-22-29)42-37-19-11-10-18-36(37)41-40(42)30-14-6-3-7-15-30/h2,4-6,8-19,21-24,26,34,38H,3,7,20,25H2,1H3/t34?,38-/m0/s1. The number of nitrogens with zero attached hydrogens (tertiary/aromatic N) is 2. The van der Waals surface area contributed by atoms with Crippen LogP contribution in [0.1, 0.15) is 66.6 Å². The molecule has 2 atom stereocenters. The summed E-state index contributed by atoms with van der Waals surface area (Å²) >= 11 is 0. The van der Waals surface area contributed by atoms with E-state index in [1.807, 2.05) is 0 Å². The van der Waals surface area contributed by atoms with E-state index in [1.165, 1.54) is 51.0 Å². The van der Waals surface area contributed by atoms with Gasteiger partial charge in [0.1, 0.15) is 5.82 Å². The van der Waals surface area contributed by atoms with E-state index >= 15 is 0 Å². The summed E-state index contributed by atoms with van der Waals surface area (Å²) in [6, 6.07) is 37.9. The smallest absolute Gasteiger partial charge is 0.145 e. The van der Waals surface area contributed by atoms with Gasteiger partial charge in [0.15, 0.2) is 0 Å². The Labute approximate surface area is 248 Å². The molecule has 3 aliphatic carbocycles. The molecule has 1 heterocycles. The first-order valence-corrected chi connectivity index (χ1v) is 15.3. The number of para-hydroxylation sites is 2. The van der Waals surface area contributed by atoms with Crippen molar-refractivity contribution in [3.05, 3.63) is 167 Å². The molecule has 0 bridgehead atoms. The topological polar surface area (TPSA) is 17.8 Å². The first-order chi connectivity index (χ1) is 20.8. The molecule has 4 aromatic carbocycles. The van der Waals surface area contributed by atoms with E-state index in [4.69, 9.17) is 4.98 Å². The second kappa shape index (κ2) is 10.3. The van der Waals surface area contributed by atoms with Crippen LogP contribution in [0.4, 0.5) is 0 Å². The van der Waals surface area contributed by atoms with Crippen LogP contribution in [0, 0.1) is 5.92 Å². The third-order valence-corrected chi connectivity index (χ3v) is 9.29. The lowest BCUT2D eigenvalue weighted by Crippen LogP contribution is -2.25. The first-order valence-electron chi connectivity index (χ1n) is 15.3. The summed E-state index contributed by atoms with van der Waals surface area (Å²) in [4.78, 5) is 5.08. The Kier molecular flexibility index (Phi) is 6.14. The zero-order valence-electron chi connectivity index (χ0n) is 24.0. The molecule has 0 amide bonds. The van der Waals surface area contributed by atoms with Gasteiger partial charge in [0.05, 0.1) is 11.0 Å². The van der Waals surface area contributed by atoms with E-state index in [-0.39, 0.29) is 0 Å². The normalized spacial score (nSPS) is 19.7. The molecule has 0 aliphatic heterocycles. The lowest BCUT2D eigenvalue weighted by Gasteiger charge is -2.39. The molecular formula is C40H34N2. The second-order valence-corrected chi connectivity index (χ2v) is 11.9. The quantitative estimate of drug-likeness (QED) is 0.221. The maximum absolute atomic E-state index is 5.08. The number of allylic oxidation sites excluding steroid dienone is 7. The largest absolute Gasteiger partial charge is 0.292 e. The first kappa shape index (κ1) is 25.1. The van der Waals surface area contributed by atoms with Gasteiger partial charge in [-0.3, -0.25) is 4.57 Å². The van der Waals surface area contributed by atoms with Gasteiger partial charge in [-0.05, 0) is 96.2 Å². The summed E-state index contributed by atoms with van der Waals surface area (Å²) < 4.78 is 2.33. The monoisotopic (exact) mass is 542 g/mol. The highest BCUT2D eigenvalue weighted by Gasteiger charge is 2.37. The predicted molar refractivity (Wildman–Crippen MR) is 175 cm³/mol. The Balaban J connectivity index is 1.29. The zero-order chi connectivity index (χ0) is 28.0. The van der Waals surface area contributed by atoms with Gasteiger partial charge in [-0.2, -0.15) is 0 Å². The van der Waals surface area contributed by atoms with Gasteiger partial charge >= 0.3 is 0 Å². The molecule has 3 aliphatic rings. The number of hydrogen-bond acceptors (Lipinski definition) is 1. The minimum absolute atomic E-state index is 0.376. The molecule has 0 spiro atoms. The van der Waals surface area contributed by atoms with Crippen LogP contribution in [0.2, 0.25) is 0 Å². The molecule has 2 nitrogen and oxygen atoms in total. The highest BCUT2D eigenvalue weighted by Crippen LogP contribution is 2.52. The highest BCUT2D eigenvalue weighted by molar-refractivity contribution is 5.89. The van der Waals surface area contributed by atoms with E-state index in [0.717, 1.165) is 41.8 Å². The fraction of sp³-hybridized carbons (Fsp3) is 0.175. The summed E-state index contributed by atoms with van der Waals surface area (Å²) in [6.07, 6.45) is 13.8. The van der Waals surface area contributed by atoms with E-state index in [9.17, 15) is 0 Å². The van der Waals surface area contributed by atoms with Crippen molar-refractivity contribution in [3.8, 4) is 5.69 Å². The highest BCUT2D eigenvalue weighted by atomic mass is 15.1. The third kappa shape index (κ3) is 4.13. The molecular weight excluding hydrogens is 508 g/mol. The molecule has 0 fully saturated rings. The summed E-state index contributed by atoms with van der Waals surface area (Å²) in [5.74, 6) is 1.86. The number of imidazole rings is 1. The summed E-state index contributed by atoms with van der Waals surface area (Å²) in [6.45, 7) is 2.29. The third-order valence-electron chi connectivity index (χ3n) is 9.29. The Bertz CT molecular complexity index is 1930. The van der Waals surface area contributed by atoms with Gasteiger partial charge in [-0.1, -0.05) is 109 Å². The van der Waals surface area contributed by atoms with E-state index in [0.29, 0.717) is 11.8 Å². The molecule has 0 saturated heterocycles. The van der Waals surface area contributed by atoms with Crippen LogP contribution in [-0.4, -0.2) is 9.55 Å². The van der Waals surface area contributed by atoms with Crippen molar-refractivity contribution in [2.75, 3.05) is 0 Å². The Hall–Kier alpha value is -4.69. The molecule has 1 aromatic heterocycles. The summed E-state index contributed by atoms with van der Waals surface area (Å²) in [5.41, 5.74) is 14.4. The molecule has 1 unspecified atom stereocenters. The average Bonchev–Trinajstić information content (AvgIpc) is 3.44. The van der Waals surface area contributed by atoms with Crippen LogP contribution in [0.15, 0.2) is 139 Å². The molecule has 0 N–H and O–H groups in total. The van der Waals surface area contributed by atoms with Crippen molar-refractivity contribution in [3.63, 3.8) is 0 Å². The van der Waals surface area contributed by atoms with Crippen LogP contribution in [0.25, 0.3) is 27.9 Å². The summed E-state index contributed by atoms with van der Waals surface area (Å²) in [5, 5.41) is 0. The molecule has 8 rings (SSSR count). The fourth-order valence-electron chi connectivity index (χ4n) is 7.39. The van der Waals surface area contributed by atoms with Crippen molar-refractivity contribution in [1.29, 1.82) is 0 Å². The van der Waals surface area contributed by atoms with Crippen LogP contribution >= 0.6 is 0 Å². The molecule has 2 heteroatoms. The number of benzene rings is 4. The van der Waals surface area contributed by atoms with Crippen LogP contribution in [-0.2, 0) is 0 Å². The Morgan fingerprint density at radius 3 is 2.40 bits per heavy atom. The van der Waals surface area contributed by atoms with Gasteiger partial charge in [-0.25, -0.2) is 4.98 Å². The molecule has 42 heavy (non-hydrogen) atoms. The number of fused-ring (bicyclic) bond motifs is 3. The Morgan fingerprint density at radius 2 is 1.57 bits per heavy atom. The zero-order valence-corrected chi connectivity index (χ0v) is 24.0. The SMILES string of the molecule is CC1=CC2=C(c3ccc(-n4c(C5=CCCC=C5)nc5ccccc54)cc3)c3ccccc3[C@H](c3ccccc3)C2CC1. The van der Waals surface area contributed by atoms with Crippen LogP contribution in [0.3, 0.4) is 0 Å². The van der Waals surface area contributed by atoms with E-state index < -0.39 is 0 Å². The van der Waals surface area contributed by atoms with Gasteiger partial charge < -0.3 is 0 Å². The molecule has 5 aromatic rings. The van der Waals surface area contributed by atoms with Gasteiger partial charge in [0, 0.05) is 17.2 Å². The predicted octanol–water partition coefficient (Wildman–Crippen LogP) is 10.1. The van der Waals surface area contributed by atoms with E-state index in [2.05, 4.69) is 139 Å². The summed E-state index contributed by atoms with van der Waals surface area (Å²) in [7, 11) is 0. The minimum atomic E-state index is 0.376. The number of hydrogen-bond donors (Lipinski definition) is 0. The van der Waals surface area contributed by atoms with Crippen molar-refractivity contribution in [1.82, 2.24) is 9.55 Å². The molecule has 0 saturated carbocycles. The molecule has 204 valence electrons. The van der Waals surface area contributed by atoms with Crippen molar-refractivity contribution >= 4 is 22.2 Å². The lowest BCUT2D eigenvalue weighted by molar-refractivity contribution is 0.488. The maximum atomic E-state index is 5.08. The van der Waals surface area contributed by atoms with E-state index in [1.54, 1.807) is 0 Å². The van der Waals surface area contributed by atoms with Crippen molar-refractivity contribution in [2.24, 2.45) is 5.92 Å². The van der Waals surface area contributed by atoms with Gasteiger partial charge in [0.2, 0.25) is 0 Å². The number of aromatic nitrogens is 2. The Morgan fingerprint density at radius 1 is 0.786 bits per heavy atom. The van der Waals surface area contributed by atoms with Crippen molar-refractivity contribution in [2.45, 2.75) is 38.5 Å². The number of rotatable bonds is 4. The van der Waals surface area contributed by atoms with Gasteiger partial charge in [0.25, 0.3) is 0 Å². The van der Waals surface area contributed by atoms with Crippen molar-refractivity contribution < 1.29 is 0 Å². The average molecular weight is 543 g/mol. The maximum Gasteiger partial charge on any atom is 0.145 e.